The van der Waals surface area contributed by atoms with Gasteiger partial charge in [0.1, 0.15) is 0 Å². The van der Waals surface area contributed by atoms with Gasteiger partial charge in [0.15, 0.2) is 0 Å². The molecular formula is C14H26N6O. The van der Waals surface area contributed by atoms with Crippen molar-refractivity contribution in [3.8, 4) is 6.01 Å². The predicted octanol–water partition coefficient (Wildman–Crippen LogP) is 1.46. The van der Waals surface area contributed by atoms with Gasteiger partial charge in [0.05, 0.1) is 6.61 Å². The third kappa shape index (κ3) is 5.00. The van der Waals surface area contributed by atoms with Crippen molar-refractivity contribution < 1.29 is 4.74 Å². The van der Waals surface area contributed by atoms with Crippen LogP contribution in [-0.4, -0.2) is 59.7 Å². The number of nitrogens with one attached hydrogen (secondary N) is 2. The van der Waals surface area contributed by atoms with Crippen molar-refractivity contribution in [1.82, 2.24) is 19.9 Å². The summed E-state index contributed by atoms with van der Waals surface area (Å²) in [6, 6.07) is 0.367. The molecule has 0 radical (unpaired) electrons. The van der Waals surface area contributed by atoms with Crippen LogP contribution in [0.4, 0.5) is 11.9 Å². The number of nitrogens with zero attached hydrogens (tertiary/aromatic N) is 4. The van der Waals surface area contributed by atoms with Crippen LogP contribution in [0.3, 0.4) is 0 Å². The Labute approximate surface area is 126 Å². The largest absolute Gasteiger partial charge is 0.464 e. The predicted molar refractivity (Wildman–Crippen MR) is 83.9 cm³/mol. The highest BCUT2D eigenvalue weighted by Gasteiger charge is 2.17. The van der Waals surface area contributed by atoms with E-state index in [1.807, 2.05) is 13.8 Å². The number of piperidine rings is 1. The van der Waals surface area contributed by atoms with Gasteiger partial charge in [-0.2, -0.15) is 15.0 Å². The summed E-state index contributed by atoms with van der Waals surface area (Å²) in [5, 5.41) is 6.42. The molecule has 2 N–H and O–H groups in total. The number of ether oxygens (including phenoxy) is 1. The van der Waals surface area contributed by atoms with E-state index >= 15 is 0 Å². The normalized spacial score (nSPS) is 19.3. The van der Waals surface area contributed by atoms with Gasteiger partial charge in [-0.15, -0.1) is 0 Å². The summed E-state index contributed by atoms with van der Waals surface area (Å²) in [4.78, 5) is 15.3. The molecule has 0 saturated carbocycles. The summed E-state index contributed by atoms with van der Waals surface area (Å²) < 4.78 is 5.39. The molecule has 2 heterocycles. The molecule has 1 aromatic heterocycles. The minimum absolute atomic E-state index is 0.367. The third-order valence-electron chi connectivity index (χ3n) is 3.49. The number of rotatable bonds is 7. The molecule has 0 aromatic carbocycles. The Bertz CT molecular complexity index is 417. The first-order chi connectivity index (χ1) is 10.2. The van der Waals surface area contributed by atoms with Crippen LogP contribution < -0.4 is 15.4 Å². The molecule has 2 rings (SSSR count). The smallest absolute Gasteiger partial charge is 0.323 e. The molecule has 7 nitrogen and oxygen atoms in total. The lowest BCUT2D eigenvalue weighted by Gasteiger charge is -2.29. The van der Waals surface area contributed by atoms with Gasteiger partial charge in [0.25, 0.3) is 0 Å². The van der Waals surface area contributed by atoms with Crippen molar-refractivity contribution >= 4 is 11.9 Å². The molecule has 21 heavy (non-hydrogen) atoms. The Morgan fingerprint density at radius 3 is 2.62 bits per heavy atom. The molecule has 7 heteroatoms. The van der Waals surface area contributed by atoms with Crippen LogP contribution in [0.5, 0.6) is 6.01 Å². The van der Waals surface area contributed by atoms with E-state index in [0.717, 1.165) is 19.6 Å². The highest BCUT2D eigenvalue weighted by atomic mass is 16.5. The van der Waals surface area contributed by atoms with Crippen LogP contribution in [-0.2, 0) is 0 Å². The third-order valence-corrected chi connectivity index (χ3v) is 3.49. The number of likely N-dealkylation sites (tertiary alicyclic amines) is 1. The van der Waals surface area contributed by atoms with E-state index in [2.05, 4.69) is 37.5 Å². The highest BCUT2D eigenvalue weighted by Crippen LogP contribution is 2.16. The SMILES string of the molecule is CCNc1nc(NCC2CCCN(C)C2)nc(OCC)n1. The minimum atomic E-state index is 0.367. The van der Waals surface area contributed by atoms with E-state index in [9.17, 15) is 0 Å². The molecule has 1 aliphatic rings. The fourth-order valence-corrected chi connectivity index (χ4v) is 2.54. The first-order valence-corrected chi connectivity index (χ1v) is 7.76. The maximum atomic E-state index is 5.39. The van der Waals surface area contributed by atoms with Crippen molar-refractivity contribution in [2.45, 2.75) is 26.7 Å². The van der Waals surface area contributed by atoms with Gasteiger partial charge in [-0.05, 0) is 46.2 Å². The van der Waals surface area contributed by atoms with Crippen LogP contribution in [0.1, 0.15) is 26.7 Å². The zero-order valence-electron chi connectivity index (χ0n) is 13.2. The lowest BCUT2D eigenvalue weighted by Crippen LogP contribution is -2.35. The second-order valence-electron chi connectivity index (χ2n) is 5.38. The molecule has 118 valence electrons. The van der Waals surface area contributed by atoms with Gasteiger partial charge >= 0.3 is 6.01 Å². The lowest BCUT2D eigenvalue weighted by atomic mass is 9.99. The van der Waals surface area contributed by atoms with Crippen molar-refractivity contribution in [1.29, 1.82) is 0 Å². The maximum Gasteiger partial charge on any atom is 0.323 e. The van der Waals surface area contributed by atoms with Crippen LogP contribution in [0, 0.1) is 5.92 Å². The van der Waals surface area contributed by atoms with Crippen molar-refractivity contribution in [3.63, 3.8) is 0 Å². The summed E-state index contributed by atoms with van der Waals surface area (Å²) in [5.74, 6) is 1.77. The molecule has 0 spiro atoms. The van der Waals surface area contributed by atoms with Crippen LogP contribution in [0.25, 0.3) is 0 Å². The highest BCUT2D eigenvalue weighted by molar-refractivity contribution is 5.35. The Morgan fingerprint density at radius 2 is 1.95 bits per heavy atom. The zero-order chi connectivity index (χ0) is 15.1. The van der Waals surface area contributed by atoms with Gasteiger partial charge in [-0.25, -0.2) is 0 Å². The molecule has 0 amide bonds. The number of hydrogen-bond acceptors (Lipinski definition) is 7. The van der Waals surface area contributed by atoms with Crippen LogP contribution in [0.2, 0.25) is 0 Å². The number of aromatic nitrogens is 3. The molecule has 1 atom stereocenters. The zero-order valence-corrected chi connectivity index (χ0v) is 13.2. The van der Waals surface area contributed by atoms with E-state index in [4.69, 9.17) is 4.74 Å². The summed E-state index contributed by atoms with van der Waals surface area (Å²) in [7, 11) is 2.17. The minimum Gasteiger partial charge on any atom is -0.464 e. The Hall–Kier alpha value is -1.63. The van der Waals surface area contributed by atoms with Gasteiger partial charge in [-0.1, -0.05) is 0 Å². The average Bonchev–Trinajstić information content (AvgIpc) is 2.46. The number of hydrogen-bond donors (Lipinski definition) is 2. The molecule has 1 aliphatic heterocycles. The standard InChI is InChI=1S/C14H26N6O/c1-4-15-12-17-13(19-14(18-12)21-5-2)16-9-11-7-6-8-20(3)10-11/h11H,4-10H2,1-3H3,(H2,15,16,17,18,19). The van der Waals surface area contributed by atoms with E-state index in [-0.39, 0.29) is 0 Å². The molecular weight excluding hydrogens is 268 g/mol. The Kier molecular flexibility index (Phi) is 5.98. The Morgan fingerprint density at radius 1 is 1.19 bits per heavy atom. The van der Waals surface area contributed by atoms with Crippen molar-refractivity contribution in [3.05, 3.63) is 0 Å². The quantitative estimate of drug-likeness (QED) is 0.788. The van der Waals surface area contributed by atoms with E-state index in [1.165, 1.54) is 19.4 Å². The summed E-state index contributed by atoms with van der Waals surface area (Å²) in [6.07, 6.45) is 2.51. The molecule has 0 aliphatic carbocycles. The van der Waals surface area contributed by atoms with Crippen molar-refractivity contribution in [2.24, 2.45) is 5.92 Å². The molecule has 1 unspecified atom stereocenters. The van der Waals surface area contributed by atoms with Crippen LogP contribution >= 0.6 is 0 Å². The summed E-state index contributed by atoms with van der Waals surface area (Å²) >= 11 is 0. The first kappa shape index (κ1) is 15.8. The molecule has 1 saturated heterocycles. The lowest BCUT2D eigenvalue weighted by molar-refractivity contribution is 0.217. The fraction of sp³-hybridized carbons (Fsp3) is 0.786. The Balaban J connectivity index is 1.97. The van der Waals surface area contributed by atoms with Gasteiger partial charge < -0.3 is 20.3 Å². The fourth-order valence-electron chi connectivity index (χ4n) is 2.54. The molecule has 1 aromatic rings. The monoisotopic (exact) mass is 294 g/mol. The van der Waals surface area contributed by atoms with Gasteiger partial charge in [0.2, 0.25) is 11.9 Å². The number of anilines is 2. The van der Waals surface area contributed by atoms with Crippen molar-refractivity contribution in [2.75, 3.05) is 50.5 Å². The van der Waals surface area contributed by atoms with E-state index in [0.29, 0.717) is 30.4 Å². The topological polar surface area (TPSA) is 75.2 Å². The van der Waals surface area contributed by atoms with Gasteiger partial charge in [-0.3, -0.25) is 0 Å². The molecule has 0 bridgehead atoms. The van der Waals surface area contributed by atoms with Gasteiger partial charge in [0, 0.05) is 19.6 Å². The second kappa shape index (κ2) is 7.97. The summed E-state index contributed by atoms with van der Waals surface area (Å²) in [5.41, 5.74) is 0. The van der Waals surface area contributed by atoms with E-state index in [1.54, 1.807) is 0 Å². The molecule has 1 fully saturated rings. The van der Waals surface area contributed by atoms with E-state index < -0.39 is 0 Å². The maximum absolute atomic E-state index is 5.39. The van der Waals surface area contributed by atoms with Crippen LogP contribution in [0.15, 0.2) is 0 Å². The first-order valence-electron chi connectivity index (χ1n) is 7.76. The average molecular weight is 294 g/mol. The second-order valence-corrected chi connectivity index (χ2v) is 5.38. The summed E-state index contributed by atoms with van der Waals surface area (Å²) in [6.45, 7) is 8.44.